The number of fused-ring (bicyclic) bond motifs is 3. The number of rotatable bonds is 5. The summed E-state index contributed by atoms with van der Waals surface area (Å²) in [4.78, 5) is 27.0. The molecule has 33 heavy (non-hydrogen) atoms. The lowest BCUT2D eigenvalue weighted by molar-refractivity contribution is -0.0502. The van der Waals surface area contributed by atoms with Crippen LogP contribution in [0.4, 0.5) is 9.52 Å². The maximum Gasteiger partial charge on any atom is 0.256 e. The van der Waals surface area contributed by atoms with Crippen LogP contribution >= 0.6 is 11.3 Å². The van der Waals surface area contributed by atoms with Crippen LogP contribution in [0.15, 0.2) is 48.9 Å². The summed E-state index contributed by atoms with van der Waals surface area (Å²) in [5.74, 6) is 0.276. The number of carbonyl (C=O) groups is 1. The van der Waals surface area contributed by atoms with E-state index in [2.05, 4.69) is 32.4 Å². The quantitative estimate of drug-likeness (QED) is 0.485. The van der Waals surface area contributed by atoms with E-state index in [-0.39, 0.29) is 23.6 Å². The number of aromatic nitrogens is 5. The number of nitrogens with zero attached hydrogens (tertiary/aromatic N) is 6. The molecule has 1 aromatic carbocycles. The smallest absolute Gasteiger partial charge is 0.256 e. The van der Waals surface area contributed by atoms with Crippen LogP contribution in [0.3, 0.4) is 0 Å². The van der Waals surface area contributed by atoms with Crippen LogP contribution in [0.5, 0.6) is 0 Å². The van der Waals surface area contributed by atoms with Gasteiger partial charge in [-0.25, -0.2) is 14.4 Å². The molecule has 0 spiro atoms. The van der Waals surface area contributed by atoms with Gasteiger partial charge in [0.1, 0.15) is 16.2 Å². The summed E-state index contributed by atoms with van der Waals surface area (Å²) in [6.07, 6.45) is 6.80. The molecule has 1 amide bonds. The zero-order valence-corrected chi connectivity index (χ0v) is 18.7. The van der Waals surface area contributed by atoms with Gasteiger partial charge in [-0.15, -0.1) is 0 Å². The minimum absolute atomic E-state index is 0.0309. The van der Waals surface area contributed by atoms with E-state index in [0.29, 0.717) is 24.1 Å². The molecule has 168 valence electrons. The van der Waals surface area contributed by atoms with Crippen LogP contribution < -0.4 is 5.32 Å². The van der Waals surface area contributed by atoms with Crippen molar-refractivity contribution in [2.45, 2.75) is 31.8 Å². The normalized spacial score (nSPS) is 24.0. The number of thiazole rings is 1. The van der Waals surface area contributed by atoms with Crippen molar-refractivity contribution in [2.24, 2.45) is 11.8 Å². The zero-order valence-electron chi connectivity index (χ0n) is 17.9. The number of amides is 1. The van der Waals surface area contributed by atoms with Gasteiger partial charge in [-0.1, -0.05) is 18.3 Å². The Hall–Kier alpha value is -3.40. The maximum atomic E-state index is 14.2. The van der Waals surface area contributed by atoms with Crippen molar-refractivity contribution in [1.29, 1.82) is 0 Å². The molecule has 4 aromatic rings. The standard InChI is InChI=1S/C23H22FN7OS/c1-13-14-9-16(10-14)30(20(13)12-26-23-29-18-3-2-6-25-21(18)33-23)22(32)17-11-15(24)4-5-19(17)31-27-7-8-28-31/h2-8,11,13-14,16,20H,9-10,12H2,1H3,(H,26,29). The summed E-state index contributed by atoms with van der Waals surface area (Å²) in [6.45, 7) is 2.78. The minimum atomic E-state index is -0.456. The number of nitrogens with one attached hydrogen (secondary N) is 1. The molecular formula is C23H22FN7OS. The molecule has 2 unspecified atom stereocenters. The van der Waals surface area contributed by atoms with Crippen LogP contribution in [0.25, 0.3) is 16.0 Å². The predicted molar refractivity (Wildman–Crippen MR) is 123 cm³/mol. The van der Waals surface area contributed by atoms with Gasteiger partial charge in [0, 0.05) is 18.8 Å². The Morgan fingerprint density at radius 1 is 1.21 bits per heavy atom. The van der Waals surface area contributed by atoms with Crippen molar-refractivity contribution in [1.82, 2.24) is 29.9 Å². The Balaban J connectivity index is 1.31. The number of piperidine rings is 2. The number of anilines is 1. The van der Waals surface area contributed by atoms with Gasteiger partial charge >= 0.3 is 0 Å². The van der Waals surface area contributed by atoms with Crippen LogP contribution in [-0.2, 0) is 0 Å². The summed E-state index contributed by atoms with van der Waals surface area (Å²) in [6, 6.07) is 8.11. The Labute approximate surface area is 193 Å². The summed E-state index contributed by atoms with van der Waals surface area (Å²) in [5.41, 5.74) is 1.61. The average molecular weight is 464 g/mol. The van der Waals surface area contributed by atoms with Gasteiger partial charge in [0.25, 0.3) is 5.91 Å². The van der Waals surface area contributed by atoms with Crippen molar-refractivity contribution >= 4 is 32.7 Å². The lowest BCUT2D eigenvalue weighted by Gasteiger charge is -2.57. The van der Waals surface area contributed by atoms with Gasteiger partial charge in [0.15, 0.2) is 5.13 Å². The van der Waals surface area contributed by atoms with Crippen LogP contribution in [0.2, 0.25) is 0 Å². The molecule has 1 saturated carbocycles. The summed E-state index contributed by atoms with van der Waals surface area (Å²) >= 11 is 1.50. The molecule has 10 heteroatoms. The molecule has 2 bridgehead atoms. The number of carbonyl (C=O) groups excluding carboxylic acids is 1. The Kier molecular flexibility index (Phi) is 4.83. The van der Waals surface area contributed by atoms with E-state index in [1.165, 1.54) is 40.7 Å². The molecule has 8 nitrogen and oxygen atoms in total. The zero-order chi connectivity index (χ0) is 22.5. The Morgan fingerprint density at radius 2 is 2.03 bits per heavy atom. The third-order valence-corrected chi connectivity index (χ3v) is 7.87. The third kappa shape index (κ3) is 3.45. The van der Waals surface area contributed by atoms with Crippen molar-refractivity contribution in [3.8, 4) is 5.69 Å². The van der Waals surface area contributed by atoms with E-state index in [1.54, 1.807) is 12.3 Å². The molecule has 0 radical (unpaired) electrons. The van der Waals surface area contributed by atoms with Crippen molar-refractivity contribution in [2.75, 3.05) is 11.9 Å². The van der Waals surface area contributed by atoms with E-state index in [1.807, 2.05) is 17.0 Å². The van der Waals surface area contributed by atoms with Crippen LogP contribution in [0, 0.1) is 17.7 Å². The molecule has 2 atom stereocenters. The fraction of sp³-hybridized carbons (Fsp3) is 0.348. The topological polar surface area (TPSA) is 88.8 Å². The van der Waals surface area contributed by atoms with Crippen LogP contribution in [0.1, 0.15) is 30.1 Å². The van der Waals surface area contributed by atoms with Gasteiger partial charge in [-0.3, -0.25) is 4.79 Å². The number of pyridine rings is 1. The summed E-state index contributed by atoms with van der Waals surface area (Å²) < 4.78 is 14.2. The first-order valence-electron chi connectivity index (χ1n) is 11.0. The van der Waals surface area contributed by atoms with E-state index in [4.69, 9.17) is 0 Å². The lowest BCUT2D eigenvalue weighted by Crippen LogP contribution is -2.64. The Morgan fingerprint density at radius 3 is 2.82 bits per heavy atom. The van der Waals surface area contributed by atoms with E-state index in [0.717, 1.165) is 28.3 Å². The van der Waals surface area contributed by atoms with Crippen LogP contribution in [-0.4, -0.2) is 54.4 Å². The predicted octanol–water partition coefficient (Wildman–Crippen LogP) is 3.76. The largest absolute Gasteiger partial charge is 0.359 e. The first kappa shape index (κ1) is 20.2. The average Bonchev–Trinajstić information content (AvgIpc) is 3.46. The molecule has 2 saturated heterocycles. The van der Waals surface area contributed by atoms with Gasteiger partial charge in [-0.05, 0) is 55.0 Å². The van der Waals surface area contributed by atoms with Crippen molar-refractivity contribution < 1.29 is 9.18 Å². The second-order valence-corrected chi connectivity index (χ2v) is 9.71. The van der Waals surface area contributed by atoms with Crippen molar-refractivity contribution in [3.63, 3.8) is 0 Å². The highest BCUT2D eigenvalue weighted by Crippen LogP contribution is 2.47. The SMILES string of the molecule is CC1C2CC(C2)N(C(=O)c2cc(F)ccc2-n2nccn2)C1CNc1nc2cccnc2s1. The molecule has 2 aliphatic heterocycles. The van der Waals surface area contributed by atoms with Gasteiger partial charge in [0.05, 0.1) is 29.7 Å². The number of halogens is 1. The molecule has 3 aliphatic rings. The second kappa shape index (κ2) is 7.87. The number of hydrogen-bond acceptors (Lipinski definition) is 7. The van der Waals surface area contributed by atoms with E-state index < -0.39 is 5.82 Å². The highest BCUT2D eigenvalue weighted by molar-refractivity contribution is 7.21. The maximum absolute atomic E-state index is 14.2. The molecular weight excluding hydrogens is 441 g/mol. The first-order chi connectivity index (χ1) is 16.1. The molecule has 1 aliphatic carbocycles. The minimum Gasteiger partial charge on any atom is -0.359 e. The molecule has 3 aromatic heterocycles. The Bertz CT molecular complexity index is 1280. The van der Waals surface area contributed by atoms with E-state index in [9.17, 15) is 9.18 Å². The first-order valence-corrected chi connectivity index (χ1v) is 11.8. The molecule has 5 heterocycles. The third-order valence-electron chi connectivity index (χ3n) is 6.94. The summed E-state index contributed by atoms with van der Waals surface area (Å²) in [5, 5.41) is 12.5. The monoisotopic (exact) mass is 463 g/mol. The highest BCUT2D eigenvalue weighted by atomic mass is 32.1. The molecule has 3 fully saturated rings. The fourth-order valence-electron chi connectivity index (χ4n) is 5.10. The van der Waals surface area contributed by atoms with E-state index >= 15 is 0 Å². The fourth-order valence-corrected chi connectivity index (χ4v) is 5.91. The summed E-state index contributed by atoms with van der Waals surface area (Å²) in [7, 11) is 0. The lowest BCUT2D eigenvalue weighted by atomic mass is 9.64. The highest BCUT2D eigenvalue weighted by Gasteiger charge is 2.50. The molecule has 1 N–H and O–H groups in total. The number of benzene rings is 1. The number of hydrogen-bond donors (Lipinski definition) is 1. The van der Waals surface area contributed by atoms with Gasteiger partial charge < -0.3 is 10.2 Å². The van der Waals surface area contributed by atoms with Crippen molar-refractivity contribution in [3.05, 3.63) is 60.3 Å². The van der Waals surface area contributed by atoms with Gasteiger partial charge in [0.2, 0.25) is 0 Å². The van der Waals surface area contributed by atoms with Gasteiger partial charge in [-0.2, -0.15) is 15.0 Å². The second-order valence-electron chi connectivity index (χ2n) is 8.73. The molecule has 7 rings (SSSR count).